The number of rotatable bonds is 9. The lowest BCUT2D eigenvalue weighted by molar-refractivity contribution is 0.249. The van der Waals surface area contributed by atoms with E-state index < -0.39 is 11.6 Å². The summed E-state index contributed by atoms with van der Waals surface area (Å²) in [5, 5.41) is 8.46. The number of aryl methyl sites for hydroxylation is 2. The fraction of sp³-hybridized carbons (Fsp3) is 0.600. The van der Waals surface area contributed by atoms with E-state index in [2.05, 4.69) is 17.1 Å². The maximum atomic E-state index is 14.4. The molecule has 0 N–H and O–H groups in total. The molecule has 0 radical (unpaired) electrons. The molecular formula is C25H34F2N2. The van der Waals surface area contributed by atoms with Gasteiger partial charge in [-0.3, -0.25) is 0 Å². The zero-order valence-corrected chi connectivity index (χ0v) is 17.9. The molecule has 0 amide bonds. The molecule has 1 aromatic heterocycles. The molecule has 0 aliphatic heterocycles. The van der Waals surface area contributed by atoms with Gasteiger partial charge < -0.3 is 0 Å². The van der Waals surface area contributed by atoms with Crippen LogP contribution in [0.4, 0.5) is 8.78 Å². The van der Waals surface area contributed by atoms with E-state index in [4.69, 9.17) is 0 Å². The van der Waals surface area contributed by atoms with E-state index in [1.807, 2.05) is 13.0 Å². The fourth-order valence-electron chi connectivity index (χ4n) is 4.54. The molecule has 1 heterocycles. The van der Waals surface area contributed by atoms with Crippen molar-refractivity contribution >= 4 is 0 Å². The van der Waals surface area contributed by atoms with Crippen molar-refractivity contribution in [2.45, 2.75) is 84.5 Å². The van der Waals surface area contributed by atoms with Gasteiger partial charge in [0.15, 0.2) is 11.6 Å². The number of halogens is 2. The van der Waals surface area contributed by atoms with Crippen LogP contribution in [0.1, 0.15) is 82.9 Å². The van der Waals surface area contributed by atoms with Crippen molar-refractivity contribution in [1.82, 2.24) is 10.2 Å². The molecule has 29 heavy (non-hydrogen) atoms. The van der Waals surface area contributed by atoms with E-state index >= 15 is 0 Å². The second-order valence-electron chi connectivity index (χ2n) is 8.63. The Balaban J connectivity index is 1.54. The number of unbranched alkanes of at least 4 members (excludes halogenated alkanes) is 1. The van der Waals surface area contributed by atoms with Gasteiger partial charge in [-0.25, -0.2) is 8.78 Å². The van der Waals surface area contributed by atoms with E-state index in [0.717, 1.165) is 36.8 Å². The standard InChI is InChI=1S/C25H34F2N2/c1-3-5-7-18-8-10-19(11-9-18)12-14-21-15-17-23(29-28-21)22-16-13-20(6-4-2)24(26)25(22)27/h13,15-19H,3-12,14H2,1-2H3. The Bertz CT molecular complexity index is 765. The van der Waals surface area contributed by atoms with Gasteiger partial charge in [0.05, 0.1) is 11.4 Å². The van der Waals surface area contributed by atoms with Crippen molar-refractivity contribution < 1.29 is 8.78 Å². The first kappa shape index (κ1) is 21.9. The summed E-state index contributed by atoms with van der Waals surface area (Å²) in [6, 6.07) is 6.95. The first-order valence-corrected chi connectivity index (χ1v) is 11.4. The second-order valence-corrected chi connectivity index (χ2v) is 8.63. The largest absolute Gasteiger partial charge is 0.203 e. The van der Waals surface area contributed by atoms with Gasteiger partial charge in [-0.15, -0.1) is 0 Å². The van der Waals surface area contributed by atoms with Gasteiger partial charge in [0.1, 0.15) is 0 Å². The molecule has 4 heteroatoms. The van der Waals surface area contributed by atoms with Crippen molar-refractivity contribution in [3.05, 3.63) is 47.2 Å². The van der Waals surface area contributed by atoms with Gasteiger partial charge >= 0.3 is 0 Å². The highest BCUT2D eigenvalue weighted by Crippen LogP contribution is 2.34. The number of hydrogen-bond donors (Lipinski definition) is 0. The molecule has 158 valence electrons. The Morgan fingerprint density at radius 3 is 2.14 bits per heavy atom. The first-order valence-electron chi connectivity index (χ1n) is 11.4. The molecule has 1 fully saturated rings. The second kappa shape index (κ2) is 10.8. The van der Waals surface area contributed by atoms with Gasteiger partial charge in [0.2, 0.25) is 0 Å². The summed E-state index contributed by atoms with van der Waals surface area (Å²) in [5.41, 5.74) is 1.93. The summed E-state index contributed by atoms with van der Waals surface area (Å²) < 4.78 is 28.6. The van der Waals surface area contributed by atoms with Gasteiger partial charge in [0.25, 0.3) is 0 Å². The normalized spacial score (nSPS) is 19.4. The van der Waals surface area contributed by atoms with Gasteiger partial charge in [-0.2, -0.15) is 10.2 Å². The van der Waals surface area contributed by atoms with E-state index in [1.54, 1.807) is 18.2 Å². The molecule has 1 aliphatic rings. The van der Waals surface area contributed by atoms with Crippen LogP contribution in [-0.4, -0.2) is 10.2 Å². The van der Waals surface area contributed by atoms with Crippen molar-refractivity contribution in [2.24, 2.45) is 11.8 Å². The summed E-state index contributed by atoms with van der Waals surface area (Å²) >= 11 is 0. The number of nitrogens with zero attached hydrogens (tertiary/aromatic N) is 2. The minimum absolute atomic E-state index is 0.187. The zero-order chi connectivity index (χ0) is 20.6. The molecule has 1 aromatic carbocycles. The highest BCUT2D eigenvalue weighted by molar-refractivity contribution is 5.60. The predicted molar refractivity (Wildman–Crippen MR) is 115 cm³/mol. The SMILES string of the molecule is CCCCC1CCC(CCc2ccc(-c3ccc(CCC)c(F)c3F)nn2)CC1. The van der Waals surface area contributed by atoms with Crippen molar-refractivity contribution in [3.63, 3.8) is 0 Å². The maximum absolute atomic E-state index is 14.4. The molecule has 0 spiro atoms. The van der Waals surface area contributed by atoms with Gasteiger partial charge in [0, 0.05) is 5.56 Å². The Morgan fingerprint density at radius 2 is 1.52 bits per heavy atom. The molecular weight excluding hydrogens is 366 g/mol. The smallest absolute Gasteiger partial charge is 0.168 e. The van der Waals surface area contributed by atoms with E-state index in [9.17, 15) is 8.78 Å². The summed E-state index contributed by atoms with van der Waals surface area (Å²) in [7, 11) is 0. The third-order valence-corrected chi connectivity index (χ3v) is 6.42. The van der Waals surface area contributed by atoms with E-state index in [1.165, 1.54) is 44.9 Å². The van der Waals surface area contributed by atoms with Crippen LogP contribution in [0, 0.1) is 23.5 Å². The molecule has 0 saturated heterocycles. The Morgan fingerprint density at radius 1 is 0.793 bits per heavy atom. The van der Waals surface area contributed by atoms with Crippen LogP contribution < -0.4 is 0 Å². The summed E-state index contributed by atoms with van der Waals surface area (Å²) in [4.78, 5) is 0. The Labute approximate surface area is 174 Å². The summed E-state index contributed by atoms with van der Waals surface area (Å²) in [5.74, 6) is 0.138. The Kier molecular flexibility index (Phi) is 8.14. The molecule has 1 saturated carbocycles. The third-order valence-electron chi connectivity index (χ3n) is 6.42. The number of benzene rings is 1. The van der Waals surface area contributed by atoms with E-state index in [-0.39, 0.29) is 5.56 Å². The lowest BCUT2D eigenvalue weighted by Gasteiger charge is -2.28. The van der Waals surface area contributed by atoms with Crippen LogP contribution in [0.2, 0.25) is 0 Å². The number of hydrogen-bond acceptors (Lipinski definition) is 2. The van der Waals surface area contributed by atoms with Gasteiger partial charge in [-0.1, -0.05) is 71.3 Å². The average molecular weight is 401 g/mol. The molecule has 2 nitrogen and oxygen atoms in total. The van der Waals surface area contributed by atoms with Crippen LogP contribution in [0.15, 0.2) is 24.3 Å². The quantitative estimate of drug-likeness (QED) is 0.441. The van der Waals surface area contributed by atoms with Crippen LogP contribution in [-0.2, 0) is 12.8 Å². The zero-order valence-electron chi connectivity index (χ0n) is 17.9. The maximum Gasteiger partial charge on any atom is 0.168 e. The number of aromatic nitrogens is 2. The lowest BCUT2D eigenvalue weighted by Crippen LogP contribution is -2.15. The molecule has 3 rings (SSSR count). The van der Waals surface area contributed by atoms with Crippen LogP contribution >= 0.6 is 0 Å². The Hall–Kier alpha value is -1.84. The molecule has 0 bridgehead atoms. The molecule has 2 aromatic rings. The third kappa shape index (κ3) is 5.83. The monoisotopic (exact) mass is 400 g/mol. The van der Waals surface area contributed by atoms with Crippen LogP contribution in [0.5, 0.6) is 0 Å². The van der Waals surface area contributed by atoms with Crippen LogP contribution in [0.3, 0.4) is 0 Å². The average Bonchev–Trinajstić information content (AvgIpc) is 2.75. The van der Waals surface area contributed by atoms with Crippen molar-refractivity contribution in [2.75, 3.05) is 0 Å². The first-order chi connectivity index (χ1) is 14.1. The van der Waals surface area contributed by atoms with Crippen LogP contribution in [0.25, 0.3) is 11.3 Å². The topological polar surface area (TPSA) is 25.8 Å². The highest BCUT2D eigenvalue weighted by Gasteiger charge is 2.21. The van der Waals surface area contributed by atoms with Gasteiger partial charge in [-0.05, 0) is 54.9 Å². The van der Waals surface area contributed by atoms with Crippen molar-refractivity contribution in [1.29, 1.82) is 0 Å². The molecule has 1 aliphatic carbocycles. The summed E-state index contributed by atoms with van der Waals surface area (Å²) in [6.45, 7) is 4.22. The summed E-state index contributed by atoms with van der Waals surface area (Å²) in [6.07, 6.45) is 12.8. The molecule has 0 atom stereocenters. The minimum atomic E-state index is -0.821. The lowest BCUT2D eigenvalue weighted by atomic mass is 9.78. The predicted octanol–water partition coefficient (Wildman–Crippen LogP) is 7.30. The highest BCUT2D eigenvalue weighted by atomic mass is 19.2. The van der Waals surface area contributed by atoms with E-state index in [0.29, 0.717) is 17.7 Å². The molecule has 0 unspecified atom stereocenters. The fourth-order valence-corrected chi connectivity index (χ4v) is 4.54. The van der Waals surface area contributed by atoms with Crippen molar-refractivity contribution in [3.8, 4) is 11.3 Å². The minimum Gasteiger partial charge on any atom is -0.203 e.